The topological polar surface area (TPSA) is 46.3 Å². The van der Waals surface area contributed by atoms with Gasteiger partial charge in [-0.25, -0.2) is 0 Å². The van der Waals surface area contributed by atoms with Crippen molar-refractivity contribution in [1.29, 1.82) is 0 Å². The summed E-state index contributed by atoms with van der Waals surface area (Å²) in [6.07, 6.45) is 2.15. The molecule has 0 fully saturated rings. The van der Waals surface area contributed by atoms with Gasteiger partial charge in [0, 0.05) is 25.5 Å². The number of rotatable bonds is 3. The summed E-state index contributed by atoms with van der Waals surface area (Å²) in [7, 11) is 1.76. The van der Waals surface area contributed by atoms with Crippen LogP contribution in [0, 0.1) is 0 Å². The van der Waals surface area contributed by atoms with E-state index in [9.17, 15) is 4.79 Å². The number of nitrogens with two attached hydrogens (primary N) is 1. The lowest BCUT2D eigenvalue weighted by Gasteiger charge is -2.13. The van der Waals surface area contributed by atoms with Gasteiger partial charge >= 0.3 is 0 Å². The summed E-state index contributed by atoms with van der Waals surface area (Å²) in [4.78, 5) is 12.4. The molecule has 0 aromatic carbocycles. The largest absolute Gasteiger partial charge is 0.336 e. The third kappa shape index (κ3) is 3.74. The molecule has 0 saturated carbocycles. The molecule has 0 atom stereocenters. The molecule has 0 aliphatic carbocycles. The highest BCUT2D eigenvalue weighted by Gasteiger charge is 2.04. The molecule has 0 bridgehead atoms. The van der Waals surface area contributed by atoms with Crippen LogP contribution >= 0.6 is 11.9 Å². The molecule has 0 rings (SSSR count). The number of carbonyl (C=O) groups excluding carboxylic acids is 1. The molecule has 60 valence electrons. The summed E-state index contributed by atoms with van der Waals surface area (Å²) in [5, 5.41) is 5.01. The van der Waals surface area contributed by atoms with Crippen molar-refractivity contribution in [2.24, 2.45) is 5.14 Å². The number of unbranched alkanes of at least 4 members (excludes halogenated alkanes) is 1. The highest BCUT2D eigenvalue weighted by molar-refractivity contribution is 8.11. The van der Waals surface area contributed by atoms with Crippen LogP contribution in [0.25, 0.3) is 0 Å². The molecule has 0 spiro atoms. The third-order valence-electron chi connectivity index (χ3n) is 1.26. The van der Waals surface area contributed by atoms with Crippen LogP contribution in [-0.4, -0.2) is 23.7 Å². The van der Waals surface area contributed by atoms with Gasteiger partial charge in [-0.3, -0.25) is 9.93 Å². The van der Waals surface area contributed by atoms with Crippen molar-refractivity contribution < 1.29 is 4.79 Å². The van der Waals surface area contributed by atoms with Crippen LogP contribution in [0.1, 0.15) is 19.8 Å². The Morgan fingerprint density at radius 3 is 2.70 bits per heavy atom. The molecule has 0 saturated heterocycles. The fourth-order valence-electron chi connectivity index (χ4n) is 0.577. The Morgan fingerprint density at radius 2 is 2.30 bits per heavy atom. The van der Waals surface area contributed by atoms with Crippen molar-refractivity contribution >= 4 is 17.2 Å². The Bertz CT molecular complexity index is 108. The summed E-state index contributed by atoms with van der Waals surface area (Å²) in [5.74, 6) is 0. The molecule has 0 aromatic heterocycles. The van der Waals surface area contributed by atoms with E-state index in [2.05, 4.69) is 6.92 Å². The fourth-order valence-corrected chi connectivity index (χ4v) is 0.848. The Labute approximate surface area is 66.1 Å². The molecule has 4 heteroatoms. The molecule has 3 nitrogen and oxygen atoms in total. The highest BCUT2D eigenvalue weighted by Crippen LogP contribution is 1.99. The first-order valence-corrected chi connectivity index (χ1v) is 4.22. The van der Waals surface area contributed by atoms with Gasteiger partial charge in [-0.1, -0.05) is 13.3 Å². The normalized spacial score (nSPS) is 9.50. The zero-order valence-electron chi connectivity index (χ0n) is 6.46. The van der Waals surface area contributed by atoms with Crippen molar-refractivity contribution in [1.82, 2.24) is 4.90 Å². The average molecular weight is 162 g/mol. The summed E-state index contributed by atoms with van der Waals surface area (Å²) >= 11 is 0.770. The van der Waals surface area contributed by atoms with E-state index >= 15 is 0 Å². The van der Waals surface area contributed by atoms with Crippen LogP contribution in [0.2, 0.25) is 0 Å². The Kier molecular flexibility index (Phi) is 5.43. The lowest BCUT2D eigenvalue weighted by molar-refractivity contribution is 0.233. The third-order valence-corrected chi connectivity index (χ3v) is 1.77. The average Bonchev–Trinajstić information content (AvgIpc) is 1.98. The summed E-state index contributed by atoms with van der Waals surface area (Å²) < 4.78 is 0. The Morgan fingerprint density at radius 1 is 1.70 bits per heavy atom. The smallest absolute Gasteiger partial charge is 0.296 e. The molecule has 10 heavy (non-hydrogen) atoms. The second kappa shape index (κ2) is 5.56. The minimum Gasteiger partial charge on any atom is -0.336 e. The molecule has 0 unspecified atom stereocenters. The van der Waals surface area contributed by atoms with Crippen LogP contribution in [0.4, 0.5) is 4.79 Å². The van der Waals surface area contributed by atoms with E-state index in [1.54, 1.807) is 11.9 Å². The monoisotopic (exact) mass is 162 g/mol. The van der Waals surface area contributed by atoms with E-state index in [-0.39, 0.29) is 5.24 Å². The number of hydrogen-bond donors (Lipinski definition) is 1. The van der Waals surface area contributed by atoms with Crippen LogP contribution in [0.3, 0.4) is 0 Å². The molecule has 0 aromatic rings. The maximum absolute atomic E-state index is 10.8. The van der Waals surface area contributed by atoms with Gasteiger partial charge in [0.2, 0.25) is 0 Å². The zero-order valence-corrected chi connectivity index (χ0v) is 7.28. The SMILES string of the molecule is CCCCN(C)C(=O)SN. The maximum Gasteiger partial charge on any atom is 0.296 e. The first-order valence-electron chi connectivity index (χ1n) is 3.34. The number of carbonyl (C=O) groups is 1. The number of nitrogens with zero attached hydrogens (tertiary/aromatic N) is 1. The van der Waals surface area contributed by atoms with Gasteiger partial charge in [-0.15, -0.1) is 0 Å². The van der Waals surface area contributed by atoms with Crippen LogP contribution in [0.15, 0.2) is 0 Å². The van der Waals surface area contributed by atoms with Crippen LogP contribution in [0.5, 0.6) is 0 Å². The van der Waals surface area contributed by atoms with Crippen LogP contribution in [-0.2, 0) is 0 Å². The maximum atomic E-state index is 10.8. The summed E-state index contributed by atoms with van der Waals surface area (Å²) in [5.41, 5.74) is 0. The molecular formula is C6H14N2OS. The van der Waals surface area contributed by atoms with E-state index < -0.39 is 0 Å². The lowest BCUT2D eigenvalue weighted by atomic mass is 10.3. The fraction of sp³-hybridized carbons (Fsp3) is 0.833. The van der Waals surface area contributed by atoms with Gasteiger partial charge in [0.05, 0.1) is 0 Å². The molecular weight excluding hydrogens is 148 g/mol. The first kappa shape index (κ1) is 9.78. The van der Waals surface area contributed by atoms with Gasteiger partial charge in [-0.2, -0.15) is 0 Å². The molecule has 0 aliphatic heterocycles. The van der Waals surface area contributed by atoms with Crippen molar-refractivity contribution in [2.45, 2.75) is 19.8 Å². The molecule has 1 amide bonds. The second-order valence-corrected chi connectivity index (χ2v) is 2.74. The molecule has 2 N–H and O–H groups in total. The standard InChI is InChI=1S/C6H14N2OS/c1-3-4-5-8(2)6(9)10-7/h3-5,7H2,1-2H3. The van der Waals surface area contributed by atoms with Gasteiger partial charge < -0.3 is 4.90 Å². The van der Waals surface area contributed by atoms with Gasteiger partial charge in [0.15, 0.2) is 0 Å². The van der Waals surface area contributed by atoms with Gasteiger partial charge in [0.25, 0.3) is 5.24 Å². The Balaban J connectivity index is 3.41. The van der Waals surface area contributed by atoms with E-state index in [1.807, 2.05) is 0 Å². The van der Waals surface area contributed by atoms with E-state index in [1.165, 1.54) is 0 Å². The number of hydrogen-bond acceptors (Lipinski definition) is 3. The minimum atomic E-state index is -0.0616. The second-order valence-electron chi connectivity index (χ2n) is 2.16. The molecule has 0 heterocycles. The van der Waals surface area contributed by atoms with E-state index in [4.69, 9.17) is 5.14 Å². The van der Waals surface area contributed by atoms with Crippen LogP contribution < -0.4 is 5.14 Å². The molecule has 0 aliphatic rings. The lowest BCUT2D eigenvalue weighted by Crippen LogP contribution is -2.24. The predicted molar refractivity (Wildman–Crippen MR) is 44.7 cm³/mol. The Hall–Kier alpha value is -0.220. The van der Waals surface area contributed by atoms with E-state index in [0.29, 0.717) is 0 Å². The predicted octanol–water partition coefficient (Wildman–Crippen LogP) is 1.45. The summed E-state index contributed by atoms with van der Waals surface area (Å²) in [6, 6.07) is 0. The highest BCUT2D eigenvalue weighted by atomic mass is 32.2. The van der Waals surface area contributed by atoms with Crippen molar-refractivity contribution in [3.63, 3.8) is 0 Å². The van der Waals surface area contributed by atoms with E-state index in [0.717, 1.165) is 31.3 Å². The summed E-state index contributed by atoms with van der Waals surface area (Å²) in [6.45, 7) is 2.90. The van der Waals surface area contributed by atoms with Gasteiger partial charge in [0.1, 0.15) is 0 Å². The van der Waals surface area contributed by atoms with Crippen molar-refractivity contribution in [3.8, 4) is 0 Å². The quantitative estimate of drug-likeness (QED) is 0.639. The minimum absolute atomic E-state index is 0.0616. The van der Waals surface area contributed by atoms with Crippen molar-refractivity contribution in [2.75, 3.05) is 13.6 Å². The zero-order chi connectivity index (χ0) is 7.98. The first-order chi connectivity index (χ1) is 4.72. The number of amides is 1. The molecule has 0 radical (unpaired) electrons. The van der Waals surface area contributed by atoms with Crippen molar-refractivity contribution in [3.05, 3.63) is 0 Å². The van der Waals surface area contributed by atoms with Gasteiger partial charge in [-0.05, 0) is 6.42 Å².